The van der Waals surface area contributed by atoms with Gasteiger partial charge in [-0.15, -0.1) is 0 Å². The van der Waals surface area contributed by atoms with E-state index in [4.69, 9.17) is 0 Å². The molecular formula is C15H16N2O2. The van der Waals surface area contributed by atoms with Crippen molar-refractivity contribution in [1.82, 2.24) is 10.3 Å². The Balaban J connectivity index is 2.02. The lowest BCUT2D eigenvalue weighted by atomic mass is 10.1. The fraction of sp³-hybridized carbons (Fsp3) is 0.200. The predicted octanol–water partition coefficient (Wildman–Crippen LogP) is 1.99. The molecule has 1 amide bonds. The Labute approximate surface area is 112 Å². The fourth-order valence-corrected chi connectivity index (χ4v) is 1.81. The number of rotatable bonds is 4. The normalized spacial score (nSPS) is 13.6. The van der Waals surface area contributed by atoms with E-state index in [1.54, 1.807) is 18.3 Å². The quantitative estimate of drug-likeness (QED) is 0.879. The van der Waals surface area contributed by atoms with Gasteiger partial charge in [0.15, 0.2) is 6.10 Å². The number of hydrogen-bond donors (Lipinski definition) is 2. The molecule has 0 saturated heterocycles. The number of nitrogens with zero attached hydrogens (tertiary/aromatic N) is 1. The van der Waals surface area contributed by atoms with Crippen molar-refractivity contribution in [2.75, 3.05) is 0 Å². The van der Waals surface area contributed by atoms with Crippen LogP contribution in [0.15, 0.2) is 54.9 Å². The summed E-state index contributed by atoms with van der Waals surface area (Å²) in [5.74, 6) is -0.427. The van der Waals surface area contributed by atoms with Gasteiger partial charge < -0.3 is 10.4 Å². The highest BCUT2D eigenvalue weighted by atomic mass is 16.3. The average molecular weight is 256 g/mol. The summed E-state index contributed by atoms with van der Waals surface area (Å²) in [6, 6.07) is 12.8. The minimum Gasteiger partial charge on any atom is -0.378 e. The van der Waals surface area contributed by atoms with E-state index in [0.717, 1.165) is 5.56 Å². The van der Waals surface area contributed by atoms with Gasteiger partial charge in [-0.05, 0) is 18.6 Å². The van der Waals surface area contributed by atoms with E-state index in [2.05, 4.69) is 10.3 Å². The second kappa shape index (κ2) is 6.11. The lowest BCUT2D eigenvalue weighted by Gasteiger charge is -2.17. The van der Waals surface area contributed by atoms with E-state index in [1.807, 2.05) is 37.3 Å². The van der Waals surface area contributed by atoms with Gasteiger partial charge in [0, 0.05) is 18.0 Å². The van der Waals surface area contributed by atoms with E-state index in [-0.39, 0.29) is 6.04 Å². The highest BCUT2D eigenvalue weighted by Gasteiger charge is 2.19. The van der Waals surface area contributed by atoms with Gasteiger partial charge in [0.25, 0.3) is 5.91 Å². The first kappa shape index (κ1) is 13.2. The van der Waals surface area contributed by atoms with Crippen molar-refractivity contribution in [1.29, 1.82) is 0 Å². The van der Waals surface area contributed by atoms with Crippen molar-refractivity contribution in [3.05, 3.63) is 66.0 Å². The standard InChI is InChI=1S/C15H16N2O2/c1-11(12-6-3-2-4-7-12)17-15(19)14(18)13-8-5-9-16-10-13/h2-11,14,18H,1H3,(H,17,19)/t11-,14-/m1/s1. The molecule has 0 aliphatic heterocycles. The third kappa shape index (κ3) is 3.39. The smallest absolute Gasteiger partial charge is 0.254 e. The van der Waals surface area contributed by atoms with Crippen molar-refractivity contribution in [3.63, 3.8) is 0 Å². The van der Waals surface area contributed by atoms with Crippen molar-refractivity contribution in [2.45, 2.75) is 19.1 Å². The van der Waals surface area contributed by atoms with Crippen molar-refractivity contribution < 1.29 is 9.90 Å². The van der Waals surface area contributed by atoms with Gasteiger partial charge in [0.05, 0.1) is 6.04 Å². The molecule has 1 aromatic heterocycles. The van der Waals surface area contributed by atoms with Gasteiger partial charge in [-0.3, -0.25) is 9.78 Å². The molecule has 1 heterocycles. The third-order valence-electron chi connectivity index (χ3n) is 2.91. The van der Waals surface area contributed by atoms with Crippen LogP contribution in [0.2, 0.25) is 0 Å². The molecule has 2 rings (SSSR count). The number of nitrogens with one attached hydrogen (secondary N) is 1. The molecule has 98 valence electrons. The van der Waals surface area contributed by atoms with Crippen molar-refractivity contribution in [2.24, 2.45) is 0 Å². The maximum atomic E-state index is 11.9. The number of aliphatic hydroxyl groups is 1. The summed E-state index contributed by atoms with van der Waals surface area (Å²) < 4.78 is 0. The van der Waals surface area contributed by atoms with Crippen LogP contribution in [0.4, 0.5) is 0 Å². The minimum absolute atomic E-state index is 0.153. The van der Waals surface area contributed by atoms with Gasteiger partial charge in [0.2, 0.25) is 0 Å². The number of pyridine rings is 1. The maximum Gasteiger partial charge on any atom is 0.254 e. The largest absolute Gasteiger partial charge is 0.378 e. The molecule has 1 aromatic carbocycles. The van der Waals surface area contributed by atoms with Crippen LogP contribution in [0.3, 0.4) is 0 Å². The Morgan fingerprint density at radius 3 is 2.47 bits per heavy atom. The Morgan fingerprint density at radius 1 is 1.16 bits per heavy atom. The van der Waals surface area contributed by atoms with Crippen LogP contribution in [0, 0.1) is 0 Å². The van der Waals surface area contributed by atoms with Crippen LogP contribution in [-0.4, -0.2) is 16.0 Å². The Kier molecular flexibility index (Phi) is 4.26. The molecule has 0 aliphatic carbocycles. The zero-order valence-corrected chi connectivity index (χ0v) is 10.7. The van der Waals surface area contributed by atoms with Crippen LogP contribution in [0.25, 0.3) is 0 Å². The highest BCUT2D eigenvalue weighted by Crippen LogP contribution is 2.15. The second-order valence-corrected chi connectivity index (χ2v) is 4.33. The summed E-state index contributed by atoms with van der Waals surface area (Å²) in [7, 11) is 0. The molecule has 0 saturated carbocycles. The molecule has 0 fully saturated rings. The molecule has 0 spiro atoms. The molecule has 2 aromatic rings. The van der Waals surface area contributed by atoms with Gasteiger partial charge in [0.1, 0.15) is 0 Å². The van der Waals surface area contributed by atoms with Gasteiger partial charge in [-0.2, -0.15) is 0 Å². The summed E-state index contributed by atoms with van der Waals surface area (Å²) in [6.07, 6.45) is 1.89. The third-order valence-corrected chi connectivity index (χ3v) is 2.91. The Bertz CT molecular complexity index is 528. The van der Waals surface area contributed by atoms with Crippen LogP contribution in [0.5, 0.6) is 0 Å². The van der Waals surface area contributed by atoms with Gasteiger partial charge in [-0.25, -0.2) is 0 Å². The van der Waals surface area contributed by atoms with E-state index in [9.17, 15) is 9.90 Å². The number of aliphatic hydroxyl groups excluding tert-OH is 1. The first-order valence-corrected chi connectivity index (χ1v) is 6.12. The van der Waals surface area contributed by atoms with E-state index in [1.165, 1.54) is 6.20 Å². The van der Waals surface area contributed by atoms with Gasteiger partial charge in [-0.1, -0.05) is 36.4 Å². The maximum absolute atomic E-state index is 11.9. The van der Waals surface area contributed by atoms with Crippen LogP contribution in [-0.2, 0) is 4.79 Å². The molecule has 0 radical (unpaired) electrons. The lowest BCUT2D eigenvalue weighted by molar-refractivity contribution is -0.130. The first-order chi connectivity index (χ1) is 9.18. The van der Waals surface area contributed by atoms with Crippen molar-refractivity contribution in [3.8, 4) is 0 Å². The number of amides is 1. The highest BCUT2D eigenvalue weighted by molar-refractivity contribution is 5.82. The molecular weight excluding hydrogens is 240 g/mol. The van der Waals surface area contributed by atoms with Crippen LogP contribution >= 0.6 is 0 Å². The zero-order valence-electron chi connectivity index (χ0n) is 10.7. The topological polar surface area (TPSA) is 62.2 Å². The molecule has 4 nitrogen and oxygen atoms in total. The molecule has 2 N–H and O–H groups in total. The molecule has 0 unspecified atom stereocenters. The van der Waals surface area contributed by atoms with Crippen molar-refractivity contribution >= 4 is 5.91 Å². The zero-order chi connectivity index (χ0) is 13.7. The predicted molar refractivity (Wildman–Crippen MR) is 72.2 cm³/mol. The minimum atomic E-state index is -1.19. The SMILES string of the molecule is C[C@@H](NC(=O)[C@H](O)c1cccnc1)c1ccccc1. The number of benzene rings is 1. The van der Waals surface area contributed by atoms with E-state index in [0.29, 0.717) is 5.56 Å². The summed E-state index contributed by atoms with van der Waals surface area (Å²) >= 11 is 0. The average Bonchev–Trinajstić information content (AvgIpc) is 2.48. The van der Waals surface area contributed by atoms with E-state index >= 15 is 0 Å². The monoisotopic (exact) mass is 256 g/mol. The second-order valence-electron chi connectivity index (χ2n) is 4.33. The summed E-state index contributed by atoms with van der Waals surface area (Å²) in [5, 5.41) is 12.7. The number of hydrogen-bond acceptors (Lipinski definition) is 3. The molecule has 2 atom stereocenters. The first-order valence-electron chi connectivity index (χ1n) is 6.12. The molecule has 19 heavy (non-hydrogen) atoms. The summed E-state index contributed by atoms with van der Waals surface area (Å²) in [4.78, 5) is 15.8. The number of carbonyl (C=O) groups is 1. The Morgan fingerprint density at radius 2 is 1.84 bits per heavy atom. The fourth-order valence-electron chi connectivity index (χ4n) is 1.81. The Hall–Kier alpha value is -2.20. The number of aromatic nitrogens is 1. The van der Waals surface area contributed by atoms with E-state index < -0.39 is 12.0 Å². The van der Waals surface area contributed by atoms with Crippen LogP contribution < -0.4 is 5.32 Å². The molecule has 4 heteroatoms. The number of carbonyl (C=O) groups excluding carboxylic acids is 1. The lowest BCUT2D eigenvalue weighted by Crippen LogP contribution is -2.31. The molecule has 0 bridgehead atoms. The van der Waals surface area contributed by atoms with Gasteiger partial charge >= 0.3 is 0 Å². The van der Waals surface area contributed by atoms with Crippen LogP contribution in [0.1, 0.15) is 30.2 Å². The summed E-state index contributed by atoms with van der Waals surface area (Å²) in [6.45, 7) is 1.88. The molecule has 0 aliphatic rings. The summed E-state index contributed by atoms with van der Waals surface area (Å²) in [5.41, 5.74) is 1.48.